The van der Waals surface area contributed by atoms with Crippen LogP contribution < -0.4 is 0 Å². The predicted octanol–water partition coefficient (Wildman–Crippen LogP) is 2.47. The molecular weight excluding hydrogens is 300 g/mol. The first-order chi connectivity index (χ1) is 10.7. The van der Waals surface area contributed by atoms with E-state index in [1.165, 1.54) is 28.1 Å². The van der Waals surface area contributed by atoms with Gasteiger partial charge in [0.1, 0.15) is 11.6 Å². The van der Waals surface area contributed by atoms with E-state index in [4.69, 9.17) is 9.47 Å². The molecule has 0 aliphatic carbocycles. The molecular formula is C17H28O6. The van der Waals surface area contributed by atoms with Crippen molar-refractivity contribution >= 4 is 23.5 Å². The van der Waals surface area contributed by atoms with Gasteiger partial charge in [-0.1, -0.05) is 19.8 Å². The molecule has 6 heteroatoms. The number of carbonyl (C=O) groups excluding carboxylic acids is 4. The molecule has 6 nitrogen and oxygen atoms in total. The molecule has 23 heavy (non-hydrogen) atoms. The fourth-order valence-corrected chi connectivity index (χ4v) is 2.67. The van der Waals surface area contributed by atoms with Gasteiger partial charge in [-0.05, 0) is 33.1 Å². The van der Waals surface area contributed by atoms with E-state index in [0.717, 1.165) is 6.42 Å². The third kappa shape index (κ3) is 6.12. The highest BCUT2D eigenvalue weighted by atomic mass is 16.5. The van der Waals surface area contributed by atoms with E-state index in [9.17, 15) is 19.2 Å². The summed E-state index contributed by atoms with van der Waals surface area (Å²) in [5.74, 6) is -2.13. The SMILES string of the molecule is CCCCC(CC(CCC(C)=O)C(C)=O)(C(=O)OC)C(=O)OC. The molecule has 132 valence electrons. The predicted molar refractivity (Wildman–Crippen MR) is 84.7 cm³/mol. The summed E-state index contributed by atoms with van der Waals surface area (Å²) in [6.45, 7) is 4.80. The third-order valence-electron chi connectivity index (χ3n) is 4.12. The summed E-state index contributed by atoms with van der Waals surface area (Å²) in [5.41, 5.74) is -1.49. The molecule has 0 aliphatic heterocycles. The second-order valence-electron chi connectivity index (χ2n) is 5.92. The van der Waals surface area contributed by atoms with E-state index in [1.54, 1.807) is 0 Å². The van der Waals surface area contributed by atoms with Crippen LogP contribution in [0.5, 0.6) is 0 Å². The number of ether oxygens (including phenoxy) is 2. The van der Waals surface area contributed by atoms with Crippen LogP contribution in [0.25, 0.3) is 0 Å². The molecule has 0 saturated carbocycles. The van der Waals surface area contributed by atoms with E-state index in [-0.39, 0.29) is 30.8 Å². The van der Waals surface area contributed by atoms with Crippen LogP contribution in [0.1, 0.15) is 59.3 Å². The van der Waals surface area contributed by atoms with E-state index in [0.29, 0.717) is 12.8 Å². The summed E-state index contributed by atoms with van der Waals surface area (Å²) in [4.78, 5) is 47.8. The Balaban J connectivity index is 5.59. The van der Waals surface area contributed by atoms with Gasteiger partial charge in [0.05, 0.1) is 14.2 Å². The Morgan fingerprint density at radius 3 is 1.87 bits per heavy atom. The molecule has 0 saturated heterocycles. The molecule has 0 radical (unpaired) electrons. The van der Waals surface area contributed by atoms with Gasteiger partial charge in [-0.25, -0.2) is 0 Å². The Labute approximate surface area is 137 Å². The molecule has 0 amide bonds. The fraction of sp³-hybridized carbons (Fsp3) is 0.765. The zero-order valence-corrected chi connectivity index (χ0v) is 14.8. The number of hydrogen-bond acceptors (Lipinski definition) is 6. The topological polar surface area (TPSA) is 86.7 Å². The second kappa shape index (κ2) is 10.1. The average molecular weight is 328 g/mol. The van der Waals surface area contributed by atoms with Gasteiger partial charge in [-0.3, -0.25) is 14.4 Å². The van der Waals surface area contributed by atoms with Crippen molar-refractivity contribution in [3.05, 3.63) is 0 Å². The highest BCUT2D eigenvalue weighted by molar-refractivity contribution is 6.00. The minimum Gasteiger partial charge on any atom is -0.468 e. The molecule has 0 aromatic carbocycles. The van der Waals surface area contributed by atoms with Crippen LogP contribution in [0, 0.1) is 11.3 Å². The van der Waals surface area contributed by atoms with E-state index in [2.05, 4.69) is 0 Å². The number of unbranched alkanes of at least 4 members (excludes halogenated alkanes) is 1. The Morgan fingerprint density at radius 2 is 1.52 bits per heavy atom. The zero-order valence-electron chi connectivity index (χ0n) is 14.8. The van der Waals surface area contributed by atoms with Crippen molar-refractivity contribution in [3.8, 4) is 0 Å². The quantitative estimate of drug-likeness (QED) is 0.428. The maximum Gasteiger partial charge on any atom is 0.323 e. The van der Waals surface area contributed by atoms with Crippen LogP contribution in [-0.4, -0.2) is 37.7 Å². The molecule has 0 spiro atoms. The van der Waals surface area contributed by atoms with E-state index >= 15 is 0 Å². The molecule has 0 fully saturated rings. The van der Waals surface area contributed by atoms with E-state index in [1.807, 2.05) is 6.92 Å². The fourth-order valence-electron chi connectivity index (χ4n) is 2.67. The van der Waals surface area contributed by atoms with Gasteiger partial charge >= 0.3 is 11.9 Å². The number of hydrogen-bond donors (Lipinski definition) is 0. The van der Waals surface area contributed by atoms with Gasteiger partial charge in [-0.2, -0.15) is 0 Å². The first kappa shape index (κ1) is 21.3. The summed E-state index contributed by atoms with van der Waals surface area (Å²) in [6.07, 6.45) is 2.22. The normalized spacial score (nSPS) is 12.4. The van der Waals surface area contributed by atoms with Crippen LogP contribution in [0.2, 0.25) is 0 Å². The van der Waals surface area contributed by atoms with Crippen LogP contribution in [0.4, 0.5) is 0 Å². The molecule has 0 aliphatic rings. The molecule has 1 unspecified atom stereocenters. The number of carbonyl (C=O) groups is 4. The minimum atomic E-state index is -1.49. The van der Waals surface area contributed by atoms with Crippen LogP contribution in [-0.2, 0) is 28.7 Å². The highest BCUT2D eigenvalue weighted by Crippen LogP contribution is 2.37. The Bertz CT molecular complexity index is 424. The average Bonchev–Trinajstić information content (AvgIpc) is 2.52. The van der Waals surface area contributed by atoms with Crippen LogP contribution in [0.15, 0.2) is 0 Å². The summed E-state index contributed by atoms with van der Waals surface area (Å²) < 4.78 is 9.65. The van der Waals surface area contributed by atoms with Crippen molar-refractivity contribution in [2.24, 2.45) is 11.3 Å². The van der Waals surface area contributed by atoms with Crippen molar-refractivity contribution < 1.29 is 28.7 Å². The first-order valence-corrected chi connectivity index (χ1v) is 7.91. The minimum absolute atomic E-state index is 0.00889. The standard InChI is InChI=1S/C17H28O6/c1-6-7-10-17(15(20)22-4,16(21)23-5)11-14(13(3)19)9-8-12(2)18/h14H,6-11H2,1-5H3. The van der Waals surface area contributed by atoms with Crippen LogP contribution >= 0.6 is 0 Å². The summed E-state index contributed by atoms with van der Waals surface area (Å²) in [5, 5.41) is 0. The van der Waals surface area contributed by atoms with Gasteiger partial charge in [0, 0.05) is 12.3 Å². The molecule has 0 aromatic rings. The van der Waals surface area contributed by atoms with Gasteiger partial charge in [0.2, 0.25) is 0 Å². The maximum absolute atomic E-state index is 12.3. The molecule has 0 heterocycles. The van der Waals surface area contributed by atoms with Gasteiger partial charge in [0.15, 0.2) is 5.41 Å². The van der Waals surface area contributed by atoms with Crippen molar-refractivity contribution in [1.82, 2.24) is 0 Å². The molecule has 0 bridgehead atoms. The Kier molecular flexibility index (Phi) is 9.37. The maximum atomic E-state index is 12.3. The van der Waals surface area contributed by atoms with Gasteiger partial charge in [-0.15, -0.1) is 0 Å². The number of rotatable bonds is 11. The Hall–Kier alpha value is -1.72. The lowest BCUT2D eigenvalue weighted by molar-refractivity contribution is -0.171. The molecule has 0 N–H and O–H groups in total. The highest BCUT2D eigenvalue weighted by Gasteiger charge is 2.49. The summed E-state index contributed by atoms with van der Waals surface area (Å²) in [7, 11) is 2.43. The lowest BCUT2D eigenvalue weighted by atomic mass is 9.73. The molecule has 0 aromatic heterocycles. The second-order valence-corrected chi connectivity index (χ2v) is 5.92. The van der Waals surface area contributed by atoms with Crippen LogP contribution in [0.3, 0.4) is 0 Å². The van der Waals surface area contributed by atoms with Crippen molar-refractivity contribution in [2.75, 3.05) is 14.2 Å². The van der Waals surface area contributed by atoms with Crippen molar-refractivity contribution in [1.29, 1.82) is 0 Å². The third-order valence-corrected chi connectivity index (χ3v) is 4.12. The summed E-state index contributed by atoms with van der Waals surface area (Å²) in [6, 6.07) is 0. The van der Waals surface area contributed by atoms with Crippen molar-refractivity contribution in [2.45, 2.75) is 59.3 Å². The van der Waals surface area contributed by atoms with E-state index < -0.39 is 23.3 Å². The van der Waals surface area contributed by atoms with Gasteiger partial charge < -0.3 is 14.3 Å². The lowest BCUT2D eigenvalue weighted by Crippen LogP contribution is -2.43. The lowest BCUT2D eigenvalue weighted by Gasteiger charge is -2.31. The number of ketones is 2. The smallest absolute Gasteiger partial charge is 0.323 e. The number of esters is 2. The zero-order chi connectivity index (χ0) is 18.0. The first-order valence-electron chi connectivity index (χ1n) is 7.91. The summed E-state index contributed by atoms with van der Waals surface area (Å²) >= 11 is 0. The molecule has 1 atom stereocenters. The Morgan fingerprint density at radius 1 is 1.00 bits per heavy atom. The monoisotopic (exact) mass is 328 g/mol. The largest absolute Gasteiger partial charge is 0.468 e. The molecule has 0 rings (SSSR count). The van der Waals surface area contributed by atoms with Gasteiger partial charge in [0.25, 0.3) is 0 Å². The number of Topliss-reactive ketones (excluding diaryl/α,β-unsaturated/α-hetero) is 2. The number of methoxy groups -OCH3 is 2. The van der Waals surface area contributed by atoms with Crippen molar-refractivity contribution in [3.63, 3.8) is 0 Å².